The maximum absolute atomic E-state index is 13.2. The van der Waals surface area contributed by atoms with E-state index in [1.54, 1.807) is 30.3 Å². The number of ether oxygens (including phenoxy) is 1. The van der Waals surface area contributed by atoms with Gasteiger partial charge in [-0.2, -0.15) is 13.2 Å². The first-order chi connectivity index (χ1) is 13.3. The molecule has 0 saturated carbocycles. The average molecular weight is 392 g/mol. The van der Waals surface area contributed by atoms with Crippen molar-refractivity contribution in [3.63, 3.8) is 0 Å². The zero-order valence-electron chi connectivity index (χ0n) is 15.3. The molecule has 0 bridgehead atoms. The third-order valence-electron chi connectivity index (χ3n) is 5.29. The number of amides is 1. The van der Waals surface area contributed by atoms with Crippen LogP contribution in [0, 0.1) is 0 Å². The number of hydrogen-bond acceptors (Lipinski definition) is 3. The minimum absolute atomic E-state index is 0.205. The number of benzene rings is 2. The van der Waals surface area contributed by atoms with E-state index in [0.717, 1.165) is 6.07 Å². The van der Waals surface area contributed by atoms with Gasteiger partial charge in [0.2, 0.25) is 5.91 Å². The normalized spacial score (nSPS) is 17.7. The van der Waals surface area contributed by atoms with E-state index < -0.39 is 23.2 Å². The van der Waals surface area contributed by atoms with Gasteiger partial charge < -0.3 is 15.8 Å². The number of halogens is 3. The van der Waals surface area contributed by atoms with Crippen LogP contribution in [0.2, 0.25) is 0 Å². The second-order valence-electron chi connectivity index (χ2n) is 7.08. The van der Waals surface area contributed by atoms with E-state index in [1.165, 1.54) is 12.1 Å². The molecule has 1 heterocycles. The lowest BCUT2D eigenvalue weighted by atomic mass is 9.73. The molecule has 1 unspecified atom stereocenters. The number of rotatable bonds is 5. The minimum Gasteiger partial charge on any atom is -0.381 e. The van der Waals surface area contributed by atoms with Crippen LogP contribution in [0.25, 0.3) is 0 Å². The van der Waals surface area contributed by atoms with Crippen LogP contribution in [0.4, 0.5) is 13.2 Å². The summed E-state index contributed by atoms with van der Waals surface area (Å²) >= 11 is 0. The molecule has 0 aliphatic carbocycles. The van der Waals surface area contributed by atoms with Crippen LogP contribution in [-0.2, 0) is 21.1 Å². The molecular weight excluding hydrogens is 369 g/mol. The smallest absolute Gasteiger partial charge is 0.381 e. The maximum Gasteiger partial charge on any atom is 0.416 e. The van der Waals surface area contributed by atoms with Gasteiger partial charge in [0.15, 0.2) is 0 Å². The van der Waals surface area contributed by atoms with Crippen molar-refractivity contribution >= 4 is 5.91 Å². The Morgan fingerprint density at radius 2 is 1.79 bits per heavy atom. The third kappa shape index (κ3) is 4.54. The van der Waals surface area contributed by atoms with E-state index in [2.05, 4.69) is 5.32 Å². The highest BCUT2D eigenvalue weighted by Gasteiger charge is 2.38. The lowest BCUT2D eigenvalue weighted by molar-refractivity contribution is -0.137. The van der Waals surface area contributed by atoms with E-state index in [-0.39, 0.29) is 12.5 Å². The molecule has 3 rings (SSSR count). The predicted molar refractivity (Wildman–Crippen MR) is 99.6 cm³/mol. The summed E-state index contributed by atoms with van der Waals surface area (Å²) in [5.74, 6) is -0.357. The predicted octanol–water partition coefficient (Wildman–Crippen LogP) is 3.57. The summed E-state index contributed by atoms with van der Waals surface area (Å²) < 4.78 is 44.9. The standard InChI is InChI=1S/C21H23F3N2O2/c22-21(23,24)17-8-4-7-16(13-17)20(9-11-28-12-10-20)14-26-19(27)18(25)15-5-2-1-3-6-15/h1-8,13,18H,9-12,14,25H2,(H,26,27). The Morgan fingerprint density at radius 1 is 1.11 bits per heavy atom. The Balaban J connectivity index is 1.80. The highest BCUT2D eigenvalue weighted by Crippen LogP contribution is 2.37. The highest BCUT2D eigenvalue weighted by molar-refractivity contribution is 5.83. The molecule has 1 atom stereocenters. The molecule has 2 aromatic rings. The first-order valence-corrected chi connectivity index (χ1v) is 9.16. The van der Waals surface area contributed by atoms with Gasteiger partial charge in [-0.3, -0.25) is 4.79 Å². The molecule has 1 fully saturated rings. The van der Waals surface area contributed by atoms with Gasteiger partial charge >= 0.3 is 6.18 Å². The molecule has 150 valence electrons. The summed E-state index contributed by atoms with van der Waals surface area (Å²) in [6, 6.07) is 13.4. The lowest BCUT2D eigenvalue weighted by Crippen LogP contribution is -2.46. The molecule has 7 heteroatoms. The Kier molecular flexibility index (Phi) is 6.05. The maximum atomic E-state index is 13.2. The SMILES string of the molecule is NC(C(=O)NCC1(c2cccc(C(F)(F)F)c2)CCOCC1)c1ccccc1. The van der Waals surface area contributed by atoms with E-state index in [4.69, 9.17) is 10.5 Å². The van der Waals surface area contributed by atoms with Crippen molar-refractivity contribution < 1.29 is 22.7 Å². The zero-order valence-corrected chi connectivity index (χ0v) is 15.3. The summed E-state index contributed by atoms with van der Waals surface area (Å²) in [5, 5.41) is 2.85. The molecule has 4 nitrogen and oxygen atoms in total. The van der Waals surface area contributed by atoms with Gasteiger partial charge in [-0.15, -0.1) is 0 Å². The van der Waals surface area contributed by atoms with Crippen LogP contribution in [0.3, 0.4) is 0 Å². The van der Waals surface area contributed by atoms with Crippen LogP contribution in [0.15, 0.2) is 54.6 Å². The molecule has 0 radical (unpaired) electrons. The van der Waals surface area contributed by atoms with Crippen LogP contribution in [0.5, 0.6) is 0 Å². The first-order valence-electron chi connectivity index (χ1n) is 9.16. The fraction of sp³-hybridized carbons (Fsp3) is 0.381. The second kappa shape index (κ2) is 8.32. The second-order valence-corrected chi connectivity index (χ2v) is 7.08. The van der Waals surface area contributed by atoms with Gasteiger partial charge in [-0.1, -0.05) is 48.5 Å². The van der Waals surface area contributed by atoms with Crippen molar-refractivity contribution in [1.29, 1.82) is 0 Å². The van der Waals surface area contributed by atoms with Crippen LogP contribution < -0.4 is 11.1 Å². The van der Waals surface area contributed by atoms with Crippen molar-refractivity contribution in [3.05, 3.63) is 71.3 Å². The van der Waals surface area contributed by atoms with Crippen molar-refractivity contribution in [2.24, 2.45) is 5.73 Å². The van der Waals surface area contributed by atoms with Crippen LogP contribution >= 0.6 is 0 Å². The van der Waals surface area contributed by atoms with Gasteiger partial charge in [0.1, 0.15) is 6.04 Å². The van der Waals surface area contributed by atoms with Crippen LogP contribution in [0.1, 0.15) is 35.6 Å². The monoisotopic (exact) mass is 392 g/mol. The average Bonchev–Trinajstić information content (AvgIpc) is 2.72. The molecule has 1 saturated heterocycles. The number of carbonyl (C=O) groups excluding carboxylic acids is 1. The summed E-state index contributed by atoms with van der Waals surface area (Å²) in [5.41, 5.74) is 5.96. The number of alkyl halides is 3. The molecule has 0 spiro atoms. The van der Waals surface area contributed by atoms with Gasteiger partial charge in [-0.05, 0) is 30.0 Å². The summed E-state index contributed by atoms with van der Waals surface area (Å²) in [6.45, 7) is 1.06. The summed E-state index contributed by atoms with van der Waals surface area (Å²) in [7, 11) is 0. The van der Waals surface area contributed by atoms with Gasteiger partial charge in [-0.25, -0.2) is 0 Å². The van der Waals surface area contributed by atoms with Crippen molar-refractivity contribution in [3.8, 4) is 0 Å². The van der Waals surface area contributed by atoms with Crippen molar-refractivity contribution in [2.45, 2.75) is 30.5 Å². The Morgan fingerprint density at radius 3 is 2.43 bits per heavy atom. The van der Waals surface area contributed by atoms with Gasteiger partial charge in [0.25, 0.3) is 0 Å². The third-order valence-corrected chi connectivity index (χ3v) is 5.29. The van der Waals surface area contributed by atoms with Crippen molar-refractivity contribution in [2.75, 3.05) is 19.8 Å². The van der Waals surface area contributed by atoms with Gasteiger partial charge in [0.05, 0.1) is 5.56 Å². The fourth-order valence-corrected chi connectivity index (χ4v) is 3.53. The van der Waals surface area contributed by atoms with E-state index in [9.17, 15) is 18.0 Å². The Labute approximate surface area is 161 Å². The van der Waals surface area contributed by atoms with E-state index in [0.29, 0.717) is 37.2 Å². The first kappa shape index (κ1) is 20.4. The molecule has 1 aliphatic rings. The molecular formula is C21H23F3N2O2. The number of hydrogen-bond donors (Lipinski definition) is 2. The fourth-order valence-electron chi connectivity index (χ4n) is 3.53. The molecule has 2 aromatic carbocycles. The van der Waals surface area contributed by atoms with Gasteiger partial charge in [0, 0.05) is 25.2 Å². The summed E-state index contributed by atoms with van der Waals surface area (Å²) in [4.78, 5) is 12.5. The number of nitrogens with two attached hydrogens (primary N) is 1. The minimum atomic E-state index is -4.42. The molecule has 0 aromatic heterocycles. The zero-order chi connectivity index (χ0) is 20.2. The van der Waals surface area contributed by atoms with Crippen LogP contribution in [-0.4, -0.2) is 25.7 Å². The Hall–Kier alpha value is -2.38. The number of carbonyl (C=O) groups is 1. The molecule has 1 aliphatic heterocycles. The quantitative estimate of drug-likeness (QED) is 0.818. The molecule has 28 heavy (non-hydrogen) atoms. The number of nitrogens with one attached hydrogen (secondary N) is 1. The molecule has 1 amide bonds. The topological polar surface area (TPSA) is 64.4 Å². The van der Waals surface area contributed by atoms with Crippen molar-refractivity contribution in [1.82, 2.24) is 5.32 Å². The van der Waals surface area contributed by atoms with E-state index >= 15 is 0 Å². The Bertz CT molecular complexity index is 803. The summed E-state index contributed by atoms with van der Waals surface area (Å²) in [6.07, 6.45) is -3.37. The highest BCUT2D eigenvalue weighted by atomic mass is 19.4. The lowest BCUT2D eigenvalue weighted by Gasteiger charge is -2.38. The van der Waals surface area contributed by atoms with E-state index in [1.807, 2.05) is 6.07 Å². The molecule has 3 N–H and O–H groups in total. The largest absolute Gasteiger partial charge is 0.416 e.